The van der Waals surface area contributed by atoms with Crippen molar-refractivity contribution in [3.8, 4) is 46.0 Å². The summed E-state index contributed by atoms with van der Waals surface area (Å²) in [6.07, 6.45) is -3.15. The molecule has 0 amide bonds. The van der Waals surface area contributed by atoms with Gasteiger partial charge in [-0.2, -0.15) is 0 Å². The summed E-state index contributed by atoms with van der Waals surface area (Å²) in [6, 6.07) is 5.92. The summed E-state index contributed by atoms with van der Waals surface area (Å²) in [5, 5.41) is 23.5. The minimum absolute atomic E-state index is 0.121. The monoisotopic (exact) mass is 690 g/mol. The molecular weight excluding hydrogens is 652 g/mol. The Morgan fingerprint density at radius 2 is 0.880 bits per heavy atom. The van der Waals surface area contributed by atoms with Crippen LogP contribution in [0.4, 0.5) is 4.79 Å². The highest BCUT2D eigenvalue weighted by Gasteiger charge is 2.47. The molecule has 0 aliphatic carbocycles. The summed E-state index contributed by atoms with van der Waals surface area (Å²) in [7, 11) is 5.67. The number of carbonyl (C=O) groups excluding carboxylic acids is 3. The van der Waals surface area contributed by atoms with Crippen LogP contribution in [0.3, 0.4) is 0 Å². The number of phenols is 2. The molecule has 50 heavy (non-hydrogen) atoms. The molecule has 6 rings (SSSR count). The minimum Gasteiger partial charge on any atom is -0.506 e. The smallest absolute Gasteiger partial charge is 0.506 e. The fraction of sp³-hybridized carbons (Fsp3) is 0.378. The van der Waals surface area contributed by atoms with Crippen LogP contribution in [0, 0.1) is 10.8 Å². The van der Waals surface area contributed by atoms with E-state index in [0.717, 1.165) is 0 Å². The van der Waals surface area contributed by atoms with Crippen molar-refractivity contribution in [1.29, 1.82) is 0 Å². The Kier molecular flexibility index (Phi) is 8.08. The molecule has 4 aromatic rings. The van der Waals surface area contributed by atoms with Gasteiger partial charge in [-0.3, -0.25) is 0 Å². The Morgan fingerprint density at radius 3 is 1.16 bits per heavy atom. The Morgan fingerprint density at radius 1 is 0.580 bits per heavy atom. The number of aromatic hydroxyl groups is 2. The molecule has 0 radical (unpaired) electrons. The maximum Gasteiger partial charge on any atom is 0.519 e. The maximum atomic E-state index is 14.1. The van der Waals surface area contributed by atoms with E-state index in [2.05, 4.69) is 0 Å². The molecule has 4 aromatic carbocycles. The summed E-state index contributed by atoms with van der Waals surface area (Å²) in [4.78, 5) is 40.7. The lowest BCUT2D eigenvalue weighted by Gasteiger charge is -2.28. The van der Waals surface area contributed by atoms with Crippen LogP contribution < -0.4 is 28.4 Å². The average Bonchev–Trinajstić information content (AvgIpc) is 3.61. The van der Waals surface area contributed by atoms with E-state index in [-0.39, 0.29) is 89.8 Å². The quantitative estimate of drug-likeness (QED) is 0.151. The highest BCUT2D eigenvalue weighted by molar-refractivity contribution is 6.10. The number of benzene rings is 4. The highest BCUT2D eigenvalue weighted by atomic mass is 16.7. The van der Waals surface area contributed by atoms with E-state index in [9.17, 15) is 24.6 Å². The van der Waals surface area contributed by atoms with Gasteiger partial charge in [-0.05, 0) is 24.3 Å². The normalized spacial score (nSPS) is 16.8. The maximum absolute atomic E-state index is 14.1. The molecule has 13 nitrogen and oxygen atoms in total. The second-order valence-electron chi connectivity index (χ2n) is 14.2. The van der Waals surface area contributed by atoms with E-state index in [1.807, 2.05) is 41.5 Å². The van der Waals surface area contributed by atoms with Gasteiger partial charge in [0.1, 0.15) is 34.8 Å². The minimum atomic E-state index is -1.27. The Bertz CT molecular complexity index is 1970. The number of hydrogen-bond acceptors (Lipinski definition) is 13. The first-order valence-electron chi connectivity index (χ1n) is 15.7. The predicted octanol–water partition coefficient (Wildman–Crippen LogP) is 7.53. The third-order valence-electron chi connectivity index (χ3n) is 8.87. The molecule has 2 aliphatic rings. The first kappa shape index (κ1) is 34.3. The van der Waals surface area contributed by atoms with Crippen molar-refractivity contribution >= 4 is 39.6 Å². The van der Waals surface area contributed by atoms with Crippen molar-refractivity contribution in [3.63, 3.8) is 0 Å². The van der Waals surface area contributed by atoms with Crippen LogP contribution in [0.5, 0.6) is 46.0 Å². The van der Waals surface area contributed by atoms with Crippen LogP contribution in [0.25, 0.3) is 21.5 Å². The highest BCUT2D eigenvalue weighted by Crippen LogP contribution is 2.56. The number of fused-ring (bicyclic) bond motifs is 4. The molecule has 2 aliphatic heterocycles. The molecule has 0 saturated heterocycles. The molecular formula is C37H38O13. The van der Waals surface area contributed by atoms with E-state index >= 15 is 0 Å². The van der Waals surface area contributed by atoms with Gasteiger partial charge in [-0.15, -0.1) is 0 Å². The average molecular weight is 691 g/mol. The second-order valence-corrected chi connectivity index (χ2v) is 14.2. The molecule has 0 saturated carbocycles. The molecule has 0 spiro atoms. The third kappa shape index (κ3) is 5.19. The van der Waals surface area contributed by atoms with Crippen molar-refractivity contribution in [2.45, 2.75) is 53.8 Å². The second kappa shape index (κ2) is 11.8. The fourth-order valence-electron chi connectivity index (χ4n) is 6.56. The van der Waals surface area contributed by atoms with E-state index in [0.29, 0.717) is 0 Å². The number of phenolic OH excluding ortho intramolecular Hbond substituents is 2. The Balaban J connectivity index is 1.61. The lowest BCUT2D eigenvalue weighted by atomic mass is 9.82. The molecule has 2 unspecified atom stereocenters. The van der Waals surface area contributed by atoms with Crippen molar-refractivity contribution < 1.29 is 62.5 Å². The topological polar surface area (TPSA) is 166 Å². The standard InChI is InChI=1S/C37H38O13/c1-36(2,3)31-25-23(33(40)49-31)27(38)15-11-19(43-7)21(45-9)13-17(15)29(25)47-35(42)48-30-18-14-22(46-10)20(44-8)12-16(18)28(39)24-26(30)32(37(4,5)6)50-34(24)41/h11-14,31-32,38-39H,1-10H3. The Labute approximate surface area is 287 Å². The van der Waals surface area contributed by atoms with Crippen LogP contribution in [-0.2, 0) is 9.47 Å². The fourth-order valence-corrected chi connectivity index (χ4v) is 6.56. The summed E-state index contributed by atoms with van der Waals surface area (Å²) in [6.45, 7) is 11.0. The van der Waals surface area contributed by atoms with Crippen molar-refractivity contribution in [2.24, 2.45) is 10.8 Å². The van der Waals surface area contributed by atoms with Crippen LogP contribution in [0.2, 0.25) is 0 Å². The number of methoxy groups -OCH3 is 4. The van der Waals surface area contributed by atoms with Crippen molar-refractivity contribution in [2.75, 3.05) is 28.4 Å². The van der Waals surface area contributed by atoms with Gasteiger partial charge in [0.2, 0.25) is 0 Å². The largest absolute Gasteiger partial charge is 0.519 e. The molecule has 2 heterocycles. The van der Waals surface area contributed by atoms with Gasteiger partial charge in [0.25, 0.3) is 0 Å². The molecule has 2 N–H and O–H groups in total. The predicted molar refractivity (Wildman–Crippen MR) is 179 cm³/mol. The SMILES string of the molecule is COc1cc2c(O)c3c(c(OC(=O)Oc4c5c(c(O)c6cc(OC)c(OC)cc46)C(=O)OC5C(C)(C)C)c2cc1OC)C(C(C)(C)C)OC3=O. The molecule has 0 aromatic heterocycles. The zero-order valence-corrected chi connectivity index (χ0v) is 29.3. The van der Waals surface area contributed by atoms with E-state index in [1.54, 1.807) is 0 Å². The summed E-state index contributed by atoms with van der Waals surface area (Å²) < 4.78 is 45.4. The molecule has 13 heteroatoms. The molecule has 0 fully saturated rings. The number of hydrogen-bond donors (Lipinski definition) is 2. The lowest BCUT2D eigenvalue weighted by molar-refractivity contribution is 0.00702. The van der Waals surface area contributed by atoms with E-state index in [1.165, 1.54) is 52.7 Å². The number of esters is 2. The lowest BCUT2D eigenvalue weighted by Crippen LogP contribution is -2.22. The van der Waals surface area contributed by atoms with Gasteiger partial charge in [-0.25, -0.2) is 14.4 Å². The van der Waals surface area contributed by atoms with Gasteiger partial charge in [0.15, 0.2) is 34.5 Å². The van der Waals surface area contributed by atoms with Crippen LogP contribution in [0.15, 0.2) is 24.3 Å². The van der Waals surface area contributed by atoms with Crippen molar-refractivity contribution in [1.82, 2.24) is 0 Å². The first-order valence-corrected chi connectivity index (χ1v) is 15.7. The van der Waals surface area contributed by atoms with Gasteiger partial charge in [-0.1, -0.05) is 41.5 Å². The molecule has 2 atom stereocenters. The summed E-state index contributed by atoms with van der Waals surface area (Å²) >= 11 is 0. The number of rotatable bonds is 6. The third-order valence-corrected chi connectivity index (χ3v) is 8.87. The van der Waals surface area contributed by atoms with Crippen LogP contribution in [-0.4, -0.2) is 56.7 Å². The zero-order chi connectivity index (χ0) is 36.6. The van der Waals surface area contributed by atoms with Crippen LogP contribution in [0.1, 0.15) is 85.6 Å². The van der Waals surface area contributed by atoms with Crippen molar-refractivity contribution in [3.05, 3.63) is 46.5 Å². The molecule has 264 valence electrons. The number of cyclic esters (lactones) is 2. The first-order chi connectivity index (χ1) is 23.5. The number of carbonyl (C=O) groups is 3. The van der Waals surface area contributed by atoms with E-state index in [4.69, 9.17) is 37.9 Å². The molecule has 0 bridgehead atoms. The summed E-state index contributed by atoms with van der Waals surface area (Å²) in [5.41, 5.74) is -1.49. The zero-order valence-electron chi connectivity index (χ0n) is 29.3. The Hall–Kier alpha value is -5.59. The summed E-state index contributed by atoms with van der Waals surface area (Å²) in [5.74, 6) is -1.64. The van der Waals surface area contributed by atoms with Gasteiger partial charge in [0.05, 0.1) is 39.6 Å². The van der Waals surface area contributed by atoms with Gasteiger partial charge in [0, 0.05) is 32.4 Å². The van der Waals surface area contributed by atoms with Crippen LogP contribution >= 0.6 is 0 Å². The van der Waals surface area contributed by atoms with E-state index < -0.39 is 41.1 Å². The van der Waals surface area contributed by atoms with Gasteiger partial charge >= 0.3 is 18.1 Å². The number of ether oxygens (including phenoxy) is 8. The van der Waals surface area contributed by atoms with Gasteiger partial charge < -0.3 is 48.1 Å².